The molecule has 134 valence electrons. The van der Waals surface area contributed by atoms with Crippen LogP contribution in [0.4, 0.5) is 0 Å². The molecule has 0 saturated heterocycles. The molecule has 0 spiro atoms. The minimum absolute atomic E-state index is 0.397. The van der Waals surface area contributed by atoms with E-state index in [-0.39, 0.29) is 0 Å². The van der Waals surface area contributed by atoms with Gasteiger partial charge in [0, 0.05) is 18.0 Å². The summed E-state index contributed by atoms with van der Waals surface area (Å²) in [6.45, 7) is 8.77. The fourth-order valence-electron chi connectivity index (χ4n) is 3.11. The predicted molar refractivity (Wildman–Crippen MR) is 106 cm³/mol. The second-order valence-corrected chi connectivity index (χ2v) is 8.24. The molecule has 1 fully saturated rings. The van der Waals surface area contributed by atoms with Gasteiger partial charge < -0.3 is 10.6 Å². The van der Waals surface area contributed by atoms with E-state index in [1.54, 1.807) is 11.3 Å². The number of guanidine groups is 1. The summed E-state index contributed by atoms with van der Waals surface area (Å²) in [5.41, 5.74) is 2.93. The van der Waals surface area contributed by atoms with Crippen LogP contribution in [0.25, 0.3) is 0 Å². The van der Waals surface area contributed by atoms with Gasteiger partial charge in [-0.05, 0) is 51.0 Å². The zero-order valence-corrected chi connectivity index (χ0v) is 16.2. The van der Waals surface area contributed by atoms with E-state index in [4.69, 9.17) is 4.99 Å². The van der Waals surface area contributed by atoms with E-state index in [0.717, 1.165) is 36.2 Å². The highest BCUT2D eigenvalue weighted by Gasteiger charge is 2.42. The van der Waals surface area contributed by atoms with Gasteiger partial charge in [-0.3, -0.25) is 0 Å². The largest absolute Gasteiger partial charge is 0.357 e. The molecule has 2 N–H and O–H groups in total. The van der Waals surface area contributed by atoms with Gasteiger partial charge in [0.2, 0.25) is 0 Å². The molecule has 1 aliphatic rings. The Bertz CT molecular complexity index is 717. The Labute approximate surface area is 154 Å². The number of aryl methyl sites for hydroxylation is 2. The Morgan fingerprint density at radius 3 is 2.56 bits per heavy atom. The van der Waals surface area contributed by atoms with Gasteiger partial charge in [-0.25, -0.2) is 9.98 Å². The van der Waals surface area contributed by atoms with E-state index < -0.39 is 0 Å². The van der Waals surface area contributed by atoms with Gasteiger partial charge in [0.25, 0.3) is 0 Å². The highest BCUT2D eigenvalue weighted by atomic mass is 32.1. The number of rotatable bonds is 7. The van der Waals surface area contributed by atoms with Crippen LogP contribution in [0.3, 0.4) is 0 Å². The second kappa shape index (κ2) is 8.00. The van der Waals surface area contributed by atoms with Gasteiger partial charge in [-0.1, -0.05) is 30.3 Å². The Morgan fingerprint density at radius 2 is 1.96 bits per heavy atom. The fraction of sp³-hybridized carbons (Fsp3) is 0.500. The van der Waals surface area contributed by atoms with Crippen LogP contribution >= 0.6 is 11.3 Å². The summed E-state index contributed by atoms with van der Waals surface area (Å²) in [6.07, 6.45) is 3.73. The zero-order chi connectivity index (χ0) is 17.7. The van der Waals surface area contributed by atoms with E-state index in [1.807, 2.05) is 0 Å². The molecule has 0 bridgehead atoms. The van der Waals surface area contributed by atoms with Gasteiger partial charge in [-0.2, -0.15) is 0 Å². The van der Waals surface area contributed by atoms with Crippen molar-refractivity contribution >= 4 is 17.3 Å². The third-order valence-corrected chi connectivity index (χ3v) is 5.79. The third-order valence-electron chi connectivity index (χ3n) is 4.73. The van der Waals surface area contributed by atoms with Crippen molar-refractivity contribution in [3.63, 3.8) is 0 Å². The molecule has 4 nitrogen and oxygen atoms in total. The van der Waals surface area contributed by atoms with E-state index in [0.29, 0.717) is 12.0 Å². The van der Waals surface area contributed by atoms with Crippen LogP contribution in [0.5, 0.6) is 0 Å². The Kier molecular flexibility index (Phi) is 5.74. The van der Waals surface area contributed by atoms with Crippen LogP contribution in [0.1, 0.15) is 40.9 Å². The molecule has 0 aliphatic heterocycles. The number of nitrogens with one attached hydrogen (secondary N) is 2. The number of hydrogen-bond acceptors (Lipinski definition) is 3. The molecule has 0 atom stereocenters. The Hall–Kier alpha value is -1.88. The maximum absolute atomic E-state index is 4.76. The van der Waals surface area contributed by atoms with Crippen molar-refractivity contribution in [3.05, 3.63) is 51.5 Å². The first-order valence-corrected chi connectivity index (χ1v) is 9.91. The molecule has 0 unspecified atom stereocenters. The first-order chi connectivity index (χ1) is 12.1. The van der Waals surface area contributed by atoms with Crippen molar-refractivity contribution < 1.29 is 0 Å². The number of thiazole rings is 1. The minimum Gasteiger partial charge on any atom is -0.357 e. The molecule has 2 aromatic rings. The molecule has 1 heterocycles. The van der Waals surface area contributed by atoms with Gasteiger partial charge >= 0.3 is 0 Å². The number of aromatic nitrogens is 1. The monoisotopic (exact) mass is 356 g/mol. The molecule has 3 rings (SSSR count). The van der Waals surface area contributed by atoms with Crippen molar-refractivity contribution in [2.45, 2.75) is 46.6 Å². The Morgan fingerprint density at radius 1 is 1.20 bits per heavy atom. The van der Waals surface area contributed by atoms with Gasteiger partial charge in [-0.15, -0.1) is 11.3 Å². The van der Waals surface area contributed by atoms with Crippen LogP contribution < -0.4 is 10.6 Å². The highest BCUT2D eigenvalue weighted by Crippen LogP contribution is 2.47. The number of hydrogen-bond donors (Lipinski definition) is 2. The zero-order valence-electron chi connectivity index (χ0n) is 15.4. The van der Waals surface area contributed by atoms with Gasteiger partial charge in [0.05, 0.1) is 17.2 Å². The molecule has 1 aliphatic carbocycles. The average molecular weight is 357 g/mol. The molecule has 1 aromatic heterocycles. The summed E-state index contributed by atoms with van der Waals surface area (Å²) in [6, 6.07) is 10.8. The van der Waals surface area contributed by atoms with Gasteiger partial charge in [0.1, 0.15) is 0 Å². The molecule has 25 heavy (non-hydrogen) atoms. The van der Waals surface area contributed by atoms with Crippen LogP contribution in [0, 0.1) is 19.3 Å². The first kappa shape index (κ1) is 17.9. The minimum atomic E-state index is 0.397. The summed E-state index contributed by atoms with van der Waals surface area (Å²) in [7, 11) is 0. The molecule has 1 saturated carbocycles. The van der Waals surface area contributed by atoms with Crippen molar-refractivity contribution in [1.29, 1.82) is 0 Å². The van der Waals surface area contributed by atoms with Crippen LogP contribution in [-0.4, -0.2) is 24.0 Å². The maximum atomic E-state index is 4.76. The summed E-state index contributed by atoms with van der Waals surface area (Å²) in [5, 5.41) is 8.04. The van der Waals surface area contributed by atoms with Crippen molar-refractivity contribution in [2.24, 2.45) is 10.4 Å². The lowest BCUT2D eigenvalue weighted by Gasteiger charge is -2.18. The third kappa shape index (κ3) is 5.05. The van der Waals surface area contributed by atoms with Crippen LogP contribution in [0.15, 0.2) is 35.3 Å². The molecule has 0 amide bonds. The topological polar surface area (TPSA) is 49.3 Å². The van der Waals surface area contributed by atoms with Crippen molar-refractivity contribution in [3.8, 4) is 0 Å². The van der Waals surface area contributed by atoms with Crippen LogP contribution in [-0.2, 0) is 13.0 Å². The Balaban J connectivity index is 1.58. The van der Waals surface area contributed by atoms with E-state index >= 15 is 0 Å². The maximum Gasteiger partial charge on any atom is 0.191 e. The average Bonchev–Trinajstić information content (AvgIpc) is 3.28. The number of aliphatic imine (C=N–C) groups is 1. The predicted octanol–water partition coefficient (Wildman–Crippen LogP) is 3.84. The number of benzene rings is 1. The van der Waals surface area contributed by atoms with Gasteiger partial charge in [0.15, 0.2) is 5.96 Å². The summed E-state index contributed by atoms with van der Waals surface area (Å²) < 4.78 is 0. The van der Waals surface area contributed by atoms with Crippen molar-refractivity contribution in [2.75, 3.05) is 13.1 Å². The first-order valence-electron chi connectivity index (χ1n) is 9.09. The van der Waals surface area contributed by atoms with E-state index in [2.05, 4.69) is 66.7 Å². The van der Waals surface area contributed by atoms with Crippen LogP contribution in [0.2, 0.25) is 0 Å². The lowest BCUT2D eigenvalue weighted by Crippen LogP contribution is -2.40. The SMILES string of the molecule is CCNC(=NCc1sc(C)nc1C)NCC1(Cc2ccccc2)CC1. The lowest BCUT2D eigenvalue weighted by atomic mass is 9.96. The lowest BCUT2D eigenvalue weighted by molar-refractivity contribution is 0.492. The second-order valence-electron chi connectivity index (χ2n) is 6.95. The molecule has 0 radical (unpaired) electrons. The molecule has 5 heteroatoms. The van der Waals surface area contributed by atoms with E-state index in [9.17, 15) is 0 Å². The molecule has 1 aromatic carbocycles. The summed E-state index contributed by atoms with van der Waals surface area (Å²) in [4.78, 5) is 10.5. The summed E-state index contributed by atoms with van der Waals surface area (Å²) >= 11 is 1.74. The molecular weight excluding hydrogens is 328 g/mol. The standard InChI is InChI=1S/C20H28N4S/c1-4-21-19(22-13-18-15(2)24-16(3)25-18)23-14-20(10-11-20)12-17-8-6-5-7-9-17/h5-9H,4,10-14H2,1-3H3,(H2,21,22,23). The van der Waals surface area contributed by atoms with Crippen molar-refractivity contribution in [1.82, 2.24) is 15.6 Å². The molecular formula is C20H28N4S. The smallest absolute Gasteiger partial charge is 0.191 e. The highest BCUT2D eigenvalue weighted by molar-refractivity contribution is 7.11. The number of nitrogens with zero attached hydrogens (tertiary/aromatic N) is 2. The fourth-order valence-corrected chi connectivity index (χ4v) is 3.97. The van der Waals surface area contributed by atoms with E-state index in [1.165, 1.54) is 23.3 Å². The normalized spacial score (nSPS) is 15.9. The quantitative estimate of drug-likeness (QED) is 0.585. The summed E-state index contributed by atoms with van der Waals surface area (Å²) in [5.74, 6) is 0.910.